The van der Waals surface area contributed by atoms with Crippen molar-refractivity contribution >= 4 is 17.8 Å². The van der Waals surface area contributed by atoms with E-state index >= 15 is 0 Å². The first-order valence-electron chi connectivity index (χ1n) is 7.95. The van der Waals surface area contributed by atoms with E-state index in [1.165, 1.54) is 0 Å². The van der Waals surface area contributed by atoms with Crippen LogP contribution in [0.25, 0.3) is 0 Å². The van der Waals surface area contributed by atoms with Crippen LogP contribution >= 0.6 is 0 Å². The second kappa shape index (κ2) is 10.5. The SMILES string of the molecule is O=C(O)C(Cc1ccncc1)NC(=O)C1CCCCO1.O=C(O)C(F)(F)F. The van der Waals surface area contributed by atoms with Gasteiger partial charge in [0.25, 0.3) is 0 Å². The average molecular weight is 392 g/mol. The Kier molecular flexibility index (Phi) is 8.66. The molecule has 0 aromatic carbocycles. The number of carboxylic acids is 2. The number of amides is 1. The summed E-state index contributed by atoms with van der Waals surface area (Å²) in [5, 5.41) is 18.9. The minimum absolute atomic E-state index is 0.232. The van der Waals surface area contributed by atoms with Crippen LogP contribution in [0.4, 0.5) is 13.2 Å². The van der Waals surface area contributed by atoms with Gasteiger partial charge < -0.3 is 20.3 Å². The lowest BCUT2D eigenvalue weighted by atomic mass is 10.1. The molecule has 0 saturated carbocycles. The number of halogens is 3. The minimum Gasteiger partial charge on any atom is -0.480 e. The molecule has 2 unspecified atom stereocenters. The molecule has 1 aliphatic rings. The summed E-state index contributed by atoms with van der Waals surface area (Å²) in [6.07, 6.45) is 0.344. The lowest BCUT2D eigenvalue weighted by Crippen LogP contribution is -2.48. The number of rotatable bonds is 5. The van der Waals surface area contributed by atoms with Gasteiger partial charge in [0, 0.05) is 25.4 Å². The zero-order chi connectivity index (χ0) is 20.4. The Balaban J connectivity index is 0.000000445. The van der Waals surface area contributed by atoms with Crippen molar-refractivity contribution in [2.45, 2.75) is 44.0 Å². The molecule has 1 amide bonds. The summed E-state index contributed by atoms with van der Waals surface area (Å²) < 4.78 is 37.1. The fraction of sp³-hybridized carbons (Fsp3) is 0.500. The van der Waals surface area contributed by atoms with Gasteiger partial charge in [-0.15, -0.1) is 0 Å². The van der Waals surface area contributed by atoms with Crippen LogP contribution in [0.1, 0.15) is 24.8 Å². The fourth-order valence-electron chi connectivity index (χ4n) is 2.17. The largest absolute Gasteiger partial charge is 0.490 e. The molecule has 1 saturated heterocycles. The molecule has 3 N–H and O–H groups in total. The summed E-state index contributed by atoms with van der Waals surface area (Å²) in [5.41, 5.74) is 0.817. The third kappa shape index (κ3) is 8.49. The van der Waals surface area contributed by atoms with E-state index in [9.17, 15) is 27.9 Å². The number of aliphatic carboxylic acids is 2. The molecule has 2 heterocycles. The number of nitrogens with one attached hydrogen (secondary N) is 1. The first-order chi connectivity index (χ1) is 12.6. The van der Waals surface area contributed by atoms with Crippen LogP contribution in [-0.2, 0) is 25.5 Å². The summed E-state index contributed by atoms with van der Waals surface area (Å²) >= 11 is 0. The molecule has 1 aromatic rings. The number of hydrogen-bond acceptors (Lipinski definition) is 5. The molecule has 11 heteroatoms. The van der Waals surface area contributed by atoms with E-state index in [2.05, 4.69) is 10.3 Å². The van der Waals surface area contributed by atoms with Gasteiger partial charge in [-0.25, -0.2) is 9.59 Å². The molecular weight excluding hydrogens is 373 g/mol. The number of aromatic nitrogens is 1. The highest BCUT2D eigenvalue weighted by Gasteiger charge is 2.38. The smallest absolute Gasteiger partial charge is 0.480 e. The van der Waals surface area contributed by atoms with Gasteiger partial charge >= 0.3 is 18.1 Å². The van der Waals surface area contributed by atoms with E-state index in [0.29, 0.717) is 13.0 Å². The van der Waals surface area contributed by atoms with Gasteiger partial charge in [-0.2, -0.15) is 13.2 Å². The maximum absolute atomic E-state index is 12.0. The number of carbonyl (C=O) groups is 3. The Labute approximate surface area is 152 Å². The van der Waals surface area contributed by atoms with Gasteiger partial charge in [0.1, 0.15) is 12.1 Å². The minimum atomic E-state index is -5.08. The van der Waals surface area contributed by atoms with E-state index in [4.69, 9.17) is 14.6 Å². The highest BCUT2D eigenvalue weighted by molar-refractivity contribution is 5.86. The van der Waals surface area contributed by atoms with Crippen LogP contribution in [0.15, 0.2) is 24.5 Å². The van der Waals surface area contributed by atoms with Crippen molar-refractivity contribution in [1.82, 2.24) is 10.3 Å². The van der Waals surface area contributed by atoms with Crippen molar-refractivity contribution < 1.29 is 42.5 Å². The molecule has 2 rings (SSSR count). The highest BCUT2D eigenvalue weighted by atomic mass is 19.4. The average Bonchev–Trinajstić information content (AvgIpc) is 2.62. The molecule has 1 aliphatic heterocycles. The fourth-order valence-corrected chi connectivity index (χ4v) is 2.17. The predicted molar refractivity (Wildman–Crippen MR) is 84.8 cm³/mol. The molecule has 150 valence electrons. The summed E-state index contributed by atoms with van der Waals surface area (Å²) in [6, 6.07) is 2.52. The maximum Gasteiger partial charge on any atom is 0.490 e. The summed E-state index contributed by atoms with van der Waals surface area (Å²) in [5.74, 6) is -4.15. The zero-order valence-electron chi connectivity index (χ0n) is 14.1. The molecule has 0 spiro atoms. The number of nitrogens with zero attached hydrogens (tertiary/aromatic N) is 1. The first kappa shape index (κ1) is 22.4. The summed E-state index contributed by atoms with van der Waals surface area (Å²) in [6.45, 7) is 0.556. The van der Waals surface area contributed by atoms with Gasteiger partial charge in [0.05, 0.1) is 0 Å². The lowest BCUT2D eigenvalue weighted by molar-refractivity contribution is -0.192. The Morgan fingerprint density at radius 3 is 2.26 bits per heavy atom. The van der Waals surface area contributed by atoms with Gasteiger partial charge in [-0.1, -0.05) is 0 Å². The number of carbonyl (C=O) groups excluding carboxylic acids is 1. The lowest BCUT2D eigenvalue weighted by Gasteiger charge is -2.23. The second-order valence-corrected chi connectivity index (χ2v) is 5.62. The molecule has 2 atom stereocenters. The summed E-state index contributed by atoms with van der Waals surface area (Å²) in [4.78, 5) is 36.0. The number of ether oxygens (including phenoxy) is 1. The third-order valence-electron chi connectivity index (χ3n) is 3.52. The Morgan fingerprint density at radius 1 is 1.22 bits per heavy atom. The normalized spacial score (nSPS) is 17.8. The van der Waals surface area contributed by atoms with Gasteiger partial charge in [0.15, 0.2) is 0 Å². The standard InChI is InChI=1S/C14H18N2O4.C2HF3O2/c17-13(12-3-1-2-8-20-12)16-11(14(18)19)9-10-4-6-15-7-5-10;3-2(4,5)1(6)7/h4-7,11-12H,1-3,8-9H2,(H,16,17)(H,18,19);(H,6,7). The monoisotopic (exact) mass is 392 g/mol. The molecular formula is C16H19F3N2O6. The van der Waals surface area contributed by atoms with Crippen molar-refractivity contribution in [1.29, 1.82) is 0 Å². The highest BCUT2D eigenvalue weighted by Crippen LogP contribution is 2.14. The van der Waals surface area contributed by atoms with E-state index in [1.807, 2.05) is 0 Å². The van der Waals surface area contributed by atoms with Gasteiger partial charge in [0.2, 0.25) is 5.91 Å². The van der Waals surface area contributed by atoms with E-state index < -0.39 is 30.3 Å². The van der Waals surface area contributed by atoms with E-state index in [0.717, 1.165) is 18.4 Å². The first-order valence-corrected chi connectivity index (χ1v) is 7.95. The van der Waals surface area contributed by atoms with Crippen molar-refractivity contribution in [2.24, 2.45) is 0 Å². The van der Waals surface area contributed by atoms with Crippen molar-refractivity contribution in [3.05, 3.63) is 30.1 Å². The van der Waals surface area contributed by atoms with Gasteiger partial charge in [-0.05, 0) is 37.0 Å². The second-order valence-electron chi connectivity index (χ2n) is 5.62. The molecule has 0 radical (unpaired) electrons. The molecule has 8 nitrogen and oxygen atoms in total. The number of pyridine rings is 1. The Hall–Kier alpha value is -2.69. The zero-order valence-corrected chi connectivity index (χ0v) is 14.1. The molecule has 0 aliphatic carbocycles. The van der Waals surface area contributed by atoms with E-state index in [-0.39, 0.29) is 12.3 Å². The third-order valence-corrected chi connectivity index (χ3v) is 3.52. The van der Waals surface area contributed by atoms with Crippen LogP contribution in [0.5, 0.6) is 0 Å². The molecule has 0 bridgehead atoms. The molecule has 1 aromatic heterocycles. The maximum atomic E-state index is 12.0. The van der Waals surface area contributed by atoms with Gasteiger partial charge in [-0.3, -0.25) is 9.78 Å². The summed E-state index contributed by atoms with van der Waals surface area (Å²) in [7, 11) is 0. The Morgan fingerprint density at radius 2 is 1.81 bits per heavy atom. The van der Waals surface area contributed by atoms with E-state index in [1.54, 1.807) is 24.5 Å². The van der Waals surface area contributed by atoms with Crippen LogP contribution in [-0.4, -0.2) is 58.0 Å². The van der Waals surface area contributed by atoms with Crippen LogP contribution in [0.2, 0.25) is 0 Å². The van der Waals surface area contributed by atoms with Crippen molar-refractivity contribution in [3.8, 4) is 0 Å². The number of alkyl halides is 3. The number of carboxylic acid groups (broad SMARTS) is 2. The van der Waals surface area contributed by atoms with Crippen molar-refractivity contribution in [3.63, 3.8) is 0 Å². The molecule has 1 fully saturated rings. The van der Waals surface area contributed by atoms with Crippen LogP contribution in [0, 0.1) is 0 Å². The number of hydrogen-bond donors (Lipinski definition) is 3. The van der Waals surface area contributed by atoms with Crippen molar-refractivity contribution in [2.75, 3.05) is 6.61 Å². The topological polar surface area (TPSA) is 126 Å². The Bertz CT molecular complexity index is 633. The predicted octanol–water partition coefficient (Wildman–Crippen LogP) is 1.40. The van der Waals surface area contributed by atoms with Crippen LogP contribution < -0.4 is 5.32 Å². The van der Waals surface area contributed by atoms with Crippen LogP contribution in [0.3, 0.4) is 0 Å². The quantitative estimate of drug-likeness (QED) is 0.691. The molecule has 27 heavy (non-hydrogen) atoms.